The molecule has 2 amide bonds. The molecule has 0 fully saturated rings. The molecule has 0 radical (unpaired) electrons. The lowest BCUT2D eigenvalue weighted by Gasteiger charge is -2.05. The molecule has 0 saturated heterocycles. The number of phenolic OH excluding ortho intramolecular Hbond substituents is 1. The molecule has 0 aliphatic carbocycles. The second kappa shape index (κ2) is 9.83. The highest BCUT2D eigenvalue weighted by Crippen LogP contribution is 2.25. The largest absolute Gasteiger partial charge is 0.504 e. The van der Waals surface area contributed by atoms with E-state index in [0.29, 0.717) is 17.9 Å². The van der Waals surface area contributed by atoms with Crippen molar-refractivity contribution in [3.8, 4) is 11.5 Å². The summed E-state index contributed by atoms with van der Waals surface area (Å²) in [5.74, 6) is -0.229. The van der Waals surface area contributed by atoms with Gasteiger partial charge in [0, 0.05) is 19.4 Å². The van der Waals surface area contributed by atoms with Crippen molar-refractivity contribution in [3.05, 3.63) is 59.7 Å². The number of nitrogens with one attached hydrogen (secondary N) is 2. The van der Waals surface area contributed by atoms with Crippen LogP contribution in [0.5, 0.6) is 11.5 Å². The normalized spacial score (nSPS) is 10.5. The number of nitrogens with zero attached hydrogens (tertiary/aromatic N) is 1. The number of carbonyl (C=O) groups excluding carboxylic acids is 2. The summed E-state index contributed by atoms with van der Waals surface area (Å²) in [5.41, 5.74) is 3.94. The third kappa shape index (κ3) is 6.27. The van der Waals surface area contributed by atoms with Gasteiger partial charge in [-0.05, 0) is 29.3 Å². The van der Waals surface area contributed by atoms with Gasteiger partial charge in [-0.1, -0.05) is 30.3 Å². The minimum atomic E-state index is -0.367. The number of rotatable bonds is 8. The van der Waals surface area contributed by atoms with Crippen LogP contribution >= 0.6 is 0 Å². The second-order valence-electron chi connectivity index (χ2n) is 5.49. The van der Waals surface area contributed by atoms with Crippen LogP contribution in [-0.2, 0) is 16.1 Å². The van der Waals surface area contributed by atoms with Crippen molar-refractivity contribution in [2.45, 2.75) is 19.4 Å². The SMILES string of the molecule is COc1ccc(/C=N/NC(=O)CCC(=O)NCc2ccccc2)cc1O. The number of hydrazone groups is 1. The van der Waals surface area contributed by atoms with Crippen molar-refractivity contribution in [1.82, 2.24) is 10.7 Å². The molecule has 0 bridgehead atoms. The second-order valence-corrected chi connectivity index (χ2v) is 5.49. The summed E-state index contributed by atoms with van der Waals surface area (Å²) in [6, 6.07) is 14.3. The standard InChI is InChI=1S/C19H21N3O4/c1-26-17-8-7-15(11-16(17)23)13-21-22-19(25)10-9-18(24)20-12-14-5-3-2-4-6-14/h2-8,11,13,23H,9-10,12H2,1H3,(H,20,24)(H,22,25)/b21-13+. The molecule has 0 unspecified atom stereocenters. The Morgan fingerprint density at radius 2 is 1.85 bits per heavy atom. The Bertz CT molecular complexity index is 776. The molecule has 0 spiro atoms. The van der Waals surface area contributed by atoms with E-state index in [1.54, 1.807) is 12.1 Å². The Balaban J connectivity index is 1.69. The lowest BCUT2D eigenvalue weighted by atomic mass is 10.2. The average Bonchev–Trinajstić information content (AvgIpc) is 2.65. The van der Waals surface area contributed by atoms with Crippen molar-refractivity contribution in [2.24, 2.45) is 5.10 Å². The number of ether oxygens (including phenoxy) is 1. The predicted octanol–water partition coefficient (Wildman–Crippen LogP) is 1.95. The third-order valence-corrected chi connectivity index (χ3v) is 3.52. The molecule has 2 aromatic carbocycles. The zero-order chi connectivity index (χ0) is 18.8. The van der Waals surface area contributed by atoms with E-state index >= 15 is 0 Å². The monoisotopic (exact) mass is 355 g/mol. The van der Waals surface area contributed by atoms with Crippen LogP contribution in [0, 0.1) is 0 Å². The van der Waals surface area contributed by atoms with Gasteiger partial charge < -0.3 is 15.2 Å². The van der Waals surface area contributed by atoms with Gasteiger partial charge in [0.1, 0.15) is 0 Å². The van der Waals surface area contributed by atoms with E-state index in [0.717, 1.165) is 5.56 Å². The highest BCUT2D eigenvalue weighted by molar-refractivity contribution is 5.85. The minimum absolute atomic E-state index is 0.0159. The fourth-order valence-electron chi connectivity index (χ4n) is 2.13. The summed E-state index contributed by atoms with van der Waals surface area (Å²) < 4.78 is 4.94. The molecule has 0 heterocycles. The number of phenols is 1. The molecule has 0 atom stereocenters. The molecular weight excluding hydrogens is 334 g/mol. The van der Waals surface area contributed by atoms with Crippen molar-refractivity contribution in [1.29, 1.82) is 0 Å². The van der Waals surface area contributed by atoms with E-state index in [4.69, 9.17) is 4.74 Å². The number of hydrogen-bond donors (Lipinski definition) is 3. The van der Waals surface area contributed by atoms with Crippen molar-refractivity contribution in [3.63, 3.8) is 0 Å². The van der Waals surface area contributed by atoms with E-state index in [1.165, 1.54) is 19.4 Å². The first kappa shape index (κ1) is 19.0. The van der Waals surface area contributed by atoms with Gasteiger partial charge >= 0.3 is 0 Å². The maximum Gasteiger partial charge on any atom is 0.240 e. The molecular formula is C19H21N3O4. The van der Waals surface area contributed by atoms with Crippen LogP contribution < -0.4 is 15.5 Å². The maximum absolute atomic E-state index is 11.7. The molecule has 3 N–H and O–H groups in total. The first-order valence-electron chi connectivity index (χ1n) is 8.08. The molecule has 26 heavy (non-hydrogen) atoms. The maximum atomic E-state index is 11.7. The first-order chi connectivity index (χ1) is 12.6. The van der Waals surface area contributed by atoms with E-state index in [2.05, 4.69) is 15.8 Å². The van der Waals surface area contributed by atoms with Gasteiger partial charge in [-0.25, -0.2) is 5.43 Å². The quantitative estimate of drug-likeness (QED) is 0.498. The highest BCUT2D eigenvalue weighted by Gasteiger charge is 2.06. The number of benzene rings is 2. The van der Waals surface area contributed by atoms with Gasteiger partial charge in [0.05, 0.1) is 13.3 Å². The Kier molecular flexibility index (Phi) is 7.17. The lowest BCUT2D eigenvalue weighted by Crippen LogP contribution is -2.25. The fraction of sp³-hybridized carbons (Fsp3) is 0.211. The van der Waals surface area contributed by atoms with Crippen LogP contribution in [0.25, 0.3) is 0 Å². The smallest absolute Gasteiger partial charge is 0.240 e. The van der Waals surface area contributed by atoms with Crippen LogP contribution in [0.3, 0.4) is 0 Å². The van der Waals surface area contributed by atoms with Crippen LogP contribution in [0.15, 0.2) is 53.6 Å². The van der Waals surface area contributed by atoms with Gasteiger partial charge in [-0.2, -0.15) is 5.10 Å². The number of carbonyl (C=O) groups is 2. The summed E-state index contributed by atoms with van der Waals surface area (Å²) >= 11 is 0. The molecule has 2 aromatic rings. The Morgan fingerprint density at radius 1 is 1.12 bits per heavy atom. The highest BCUT2D eigenvalue weighted by atomic mass is 16.5. The van der Waals surface area contributed by atoms with Crippen LogP contribution in [0.1, 0.15) is 24.0 Å². The van der Waals surface area contributed by atoms with Crippen molar-refractivity contribution in [2.75, 3.05) is 7.11 Å². The van der Waals surface area contributed by atoms with Gasteiger partial charge in [0.15, 0.2) is 11.5 Å². The Labute approximate surface area is 151 Å². The molecule has 0 saturated carbocycles. The van der Waals surface area contributed by atoms with Gasteiger partial charge in [0.25, 0.3) is 0 Å². The number of hydrogen-bond acceptors (Lipinski definition) is 5. The molecule has 0 aliphatic rings. The summed E-state index contributed by atoms with van der Waals surface area (Å²) in [7, 11) is 1.46. The van der Waals surface area contributed by atoms with Gasteiger partial charge in [-0.3, -0.25) is 9.59 Å². The summed E-state index contributed by atoms with van der Waals surface area (Å²) in [6.07, 6.45) is 1.51. The zero-order valence-electron chi connectivity index (χ0n) is 14.4. The minimum Gasteiger partial charge on any atom is -0.504 e. The molecule has 0 aliphatic heterocycles. The Morgan fingerprint density at radius 3 is 2.54 bits per heavy atom. The Hall–Kier alpha value is -3.35. The van der Waals surface area contributed by atoms with Crippen molar-refractivity contribution >= 4 is 18.0 Å². The predicted molar refractivity (Wildman–Crippen MR) is 97.9 cm³/mol. The topological polar surface area (TPSA) is 100 Å². The number of methoxy groups -OCH3 is 1. The van der Waals surface area contributed by atoms with Crippen LogP contribution in [0.2, 0.25) is 0 Å². The molecule has 2 rings (SSSR count). The molecule has 7 heteroatoms. The first-order valence-corrected chi connectivity index (χ1v) is 8.08. The van der Waals surface area contributed by atoms with E-state index in [1.807, 2.05) is 30.3 Å². The number of amides is 2. The molecule has 7 nitrogen and oxygen atoms in total. The summed E-state index contributed by atoms with van der Waals surface area (Å²) in [5, 5.41) is 16.2. The van der Waals surface area contributed by atoms with E-state index in [9.17, 15) is 14.7 Å². The average molecular weight is 355 g/mol. The van der Waals surface area contributed by atoms with Gasteiger partial charge in [0.2, 0.25) is 11.8 Å². The zero-order valence-corrected chi connectivity index (χ0v) is 14.4. The third-order valence-electron chi connectivity index (χ3n) is 3.52. The summed E-state index contributed by atoms with van der Waals surface area (Å²) in [4.78, 5) is 23.4. The van der Waals surface area contributed by atoms with Crippen molar-refractivity contribution < 1.29 is 19.4 Å². The lowest BCUT2D eigenvalue weighted by molar-refractivity contribution is -0.126. The molecule has 0 aromatic heterocycles. The number of aromatic hydroxyl groups is 1. The van der Waals surface area contributed by atoms with Gasteiger partial charge in [-0.15, -0.1) is 0 Å². The molecule has 136 valence electrons. The van der Waals surface area contributed by atoms with E-state index < -0.39 is 0 Å². The van der Waals surface area contributed by atoms with Crippen LogP contribution in [-0.4, -0.2) is 30.2 Å². The fourth-order valence-corrected chi connectivity index (χ4v) is 2.13. The van der Waals surface area contributed by atoms with E-state index in [-0.39, 0.29) is 30.4 Å². The van der Waals surface area contributed by atoms with Crippen LogP contribution in [0.4, 0.5) is 0 Å². The summed E-state index contributed by atoms with van der Waals surface area (Å²) in [6.45, 7) is 0.431.